The van der Waals surface area contributed by atoms with E-state index < -0.39 is 0 Å². The number of likely N-dealkylation sites (tertiary alicyclic amines) is 1. The number of nitro groups is 1. The van der Waals surface area contributed by atoms with Crippen molar-refractivity contribution in [2.24, 2.45) is 5.92 Å². The van der Waals surface area contributed by atoms with Gasteiger partial charge in [0.15, 0.2) is 0 Å². The standard InChI is InChI=1S/C15H23N3O3.ClH/c1-16-9-12-4-3-7-17(10-12)11-13-8-14(18(19)20)5-6-15(13)21-2;/h5-6,8,12,16H,3-4,7,9-11H2,1-2H3;1H. The Labute approximate surface area is 137 Å². The summed E-state index contributed by atoms with van der Waals surface area (Å²) in [5.74, 6) is 1.37. The van der Waals surface area contributed by atoms with Gasteiger partial charge in [-0.05, 0) is 45.0 Å². The fourth-order valence-electron chi connectivity index (χ4n) is 2.99. The number of ether oxygens (including phenoxy) is 1. The summed E-state index contributed by atoms with van der Waals surface area (Å²) >= 11 is 0. The molecule has 1 unspecified atom stereocenters. The Morgan fingerprint density at radius 3 is 2.91 bits per heavy atom. The first-order valence-electron chi connectivity index (χ1n) is 7.32. The van der Waals surface area contributed by atoms with Crippen molar-refractivity contribution in [3.8, 4) is 5.75 Å². The molecular formula is C15H24ClN3O3. The van der Waals surface area contributed by atoms with Crippen LogP contribution in [0.5, 0.6) is 5.75 Å². The second-order valence-corrected chi connectivity index (χ2v) is 5.55. The molecule has 0 aliphatic carbocycles. The number of nitrogens with one attached hydrogen (secondary N) is 1. The predicted molar refractivity (Wildman–Crippen MR) is 88.8 cm³/mol. The molecule has 1 aliphatic heterocycles. The molecule has 0 bridgehead atoms. The predicted octanol–water partition coefficient (Wildman–Crippen LogP) is 2.46. The van der Waals surface area contributed by atoms with E-state index in [0.717, 1.165) is 30.9 Å². The van der Waals surface area contributed by atoms with Crippen LogP contribution in [0.15, 0.2) is 18.2 Å². The van der Waals surface area contributed by atoms with Crippen LogP contribution in [0.3, 0.4) is 0 Å². The minimum absolute atomic E-state index is 0. The number of benzene rings is 1. The molecule has 0 aromatic heterocycles. The Morgan fingerprint density at radius 1 is 1.50 bits per heavy atom. The molecule has 1 aliphatic rings. The number of rotatable bonds is 6. The normalized spacial score (nSPS) is 18.5. The Hall–Kier alpha value is -1.37. The first-order valence-corrected chi connectivity index (χ1v) is 7.32. The van der Waals surface area contributed by atoms with Gasteiger partial charge in [-0.25, -0.2) is 0 Å². The molecule has 0 radical (unpaired) electrons. The maximum Gasteiger partial charge on any atom is 0.270 e. The highest BCUT2D eigenvalue weighted by Crippen LogP contribution is 2.27. The number of non-ortho nitro benzene ring substituents is 1. The molecule has 6 nitrogen and oxygen atoms in total. The molecule has 0 spiro atoms. The molecule has 1 heterocycles. The van der Waals surface area contributed by atoms with Gasteiger partial charge in [-0.3, -0.25) is 15.0 Å². The molecule has 7 heteroatoms. The molecule has 2 rings (SSSR count). The quantitative estimate of drug-likeness (QED) is 0.641. The van der Waals surface area contributed by atoms with Crippen LogP contribution in [-0.4, -0.2) is 43.6 Å². The van der Waals surface area contributed by atoms with Gasteiger partial charge in [0.2, 0.25) is 0 Å². The number of nitrogens with zero attached hydrogens (tertiary/aromatic N) is 2. The van der Waals surface area contributed by atoms with E-state index in [2.05, 4.69) is 10.2 Å². The van der Waals surface area contributed by atoms with Gasteiger partial charge in [0.1, 0.15) is 5.75 Å². The van der Waals surface area contributed by atoms with Crippen LogP contribution in [0.25, 0.3) is 0 Å². The maximum atomic E-state index is 10.9. The van der Waals surface area contributed by atoms with Crippen LogP contribution in [0.2, 0.25) is 0 Å². The lowest BCUT2D eigenvalue weighted by Crippen LogP contribution is -2.38. The molecule has 1 atom stereocenters. The van der Waals surface area contributed by atoms with Gasteiger partial charge in [-0.2, -0.15) is 0 Å². The number of nitro benzene ring substituents is 1. The van der Waals surface area contributed by atoms with Gasteiger partial charge in [0, 0.05) is 30.8 Å². The van der Waals surface area contributed by atoms with Gasteiger partial charge in [-0.1, -0.05) is 0 Å². The van der Waals surface area contributed by atoms with Crippen molar-refractivity contribution in [3.63, 3.8) is 0 Å². The third-order valence-electron chi connectivity index (χ3n) is 3.96. The number of halogens is 1. The summed E-state index contributed by atoms with van der Waals surface area (Å²) in [6.07, 6.45) is 2.41. The SMILES string of the molecule is CNCC1CCCN(Cc2cc([N+](=O)[O-])ccc2OC)C1.Cl. The lowest BCUT2D eigenvalue weighted by molar-refractivity contribution is -0.385. The Morgan fingerprint density at radius 2 is 2.27 bits per heavy atom. The van der Waals surface area contributed by atoms with Crippen molar-refractivity contribution in [1.82, 2.24) is 10.2 Å². The molecule has 22 heavy (non-hydrogen) atoms. The van der Waals surface area contributed by atoms with E-state index in [1.807, 2.05) is 7.05 Å². The molecule has 1 fully saturated rings. The number of hydrogen-bond donors (Lipinski definition) is 1. The van der Waals surface area contributed by atoms with Gasteiger partial charge in [0.05, 0.1) is 12.0 Å². The van der Waals surface area contributed by atoms with E-state index in [9.17, 15) is 10.1 Å². The molecular weight excluding hydrogens is 306 g/mol. The van der Waals surface area contributed by atoms with Crippen LogP contribution in [0, 0.1) is 16.0 Å². The fraction of sp³-hybridized carbons (Fsp3) is 0.600. The third-order valence-corrected chi connectivity index (χ3v) is 3.96. The van der Waals surface area contributed by atoms with E-state index in [0.29, 0.717) is 12.5 Å². The monoisotopic (exact) mass is 329 g/mol. The third kappa shape index (κ3) is 4.83. The van der Waals surface area contributed by atoms with Gasteiger partial charge in [-0.15, -0.1) is 12.4 Å². The van der Waals surface area contributed by atoms with E-state index in [1.54, 1.807) is 19.2 Å². The second kappa shape index (κ2) is 8.92. The van der Waals surface area contributed by atoms with Crippen molar-refractivity contribution in [3.05, 3.63) is 33.9 Å². The zero-order chi connectivity index (χ0) is 15.2. The van der Waals surface area contributed by atoms with Crippen molar-refractivity contribution < 1.29 is 9.66 Å². The lowest BCUT2D eigenvalue weighted by Gasteiger charge is -2.32. The van der Waals surface area contributed by atoms with Crippen molar-refractivity contribution >= 4 is 18.1 Å². The zero-order valence-electron chi connectivity index (χ0n) is 13.1. The van der Waals surface area contributed by atoms with E-state index in [1.165, 1.54) is 18.9 Å². The van der Waals surface area contributed by atoms with Gasteiger partial charge >= 0.3 is 0 Å². The molecule has 1 aromatic carbocycles. The summed E-state index contributed by atoms with van der Waals surface area (Å²) in [4.78, 5) is 12.9. The van der Waals surface area contributed by atoms with Crippen LogP contribution in [0.1, 0.15) is 18.4 Å². The van der Waals surface area contributed by atoms with Crippen molar-refractivity contribution in [2.75, 3.05) is 33.8 Å². The molecule has 1 N–H and O–H groups in total. The summed E-state index contributed by atoms with van der Waals surface area (Å²) in [6.45, 7) is 3.77. The fourth-order valence-corrected chi connectivity index (χ4v) is 2.99. The smallest absolute Gasteiger partial charge is 0.270 e. The lowest BCUT2D eigenvalue weighted by atomic mass is 9.97. The number of piperidine rings is 1. The summed E-state index contributed by atoms with van der Waals surface area (Å²) < 4.78 is 5.33. The largest absolute Gasteiger partial charge is 0.496 e. The minimum atomic E-state index is -0.358. The van der Waals surface area contributed by atoms with Crippen LogP contribution < -0.4 is 10.1 Å². The molecule has 1 aromatic rings. The molecule has 0 amide bonds. The van der Waals surface area contributed by atoms with E-state index >= 15 is 0 Å². The average Bonchev–Trinajstić information content (AvgIpc) is 2.48. The average molecular weight is 330 g/mol. The zero-order valence-corrected chi connectivity index (χ0v) is 13.9. The highest BCUT2D eigenvalue weighted by atomic mass is 35.5. The number of methoxy groups -OCH3 is 1. The highest BCUT2D eigenvalue weighted by Gasteiger charge is 2.21. The molecule has 0 saturated carbocycles. The molecule has 124 valence electrons. The number of hydrogen-bond acceptors (Lipinski definition) is 5. The van der Waals surface area contributed by atoms with Crippen LogP contribution in [-0.2, 0) is 6.54 Å². The minimum Gasteiger partial charge on any atom is -0.496 e. The summed E-state index contributed by atoms with van der Waals surface area (Å²) in [5, 5.41) is 14.2. The summed E-state index contributed by atoms with van der Waals surface area (Å²) in [6, 6.07) is 4.80. The van der Waals surface area contributed by atoms with Crippen LogP contribution >= 0.6 is 12.4 Å². The Kier molecular flexibility index (Phi) is 7.58. The van der Waals surface area contributed by atoms with E-state index in [-0.39, 0.29) is 23.0 Å². The topological polar surface area (TPSA) is 67.6 Å². The highest BCUT2D eigenvalue weighted by molar-refractivity contribution is 5.85. The van der Waals surface area contributed by atoms with E-state index in [4.69, 9.17) is 4.74 Å². The summed E-state index contributed by atoms with van der Waals surface area (Å²) in [5.41, 5.74) is 1.01. The van der Waals surface area contributed by atoms with Gasteiger partial charge in [0.25, 0.3) is 5.69 Å². The summed E-state index contributed by atoms with van der Waals surface area (Å²) in [7, 11) is 3.58. The second-order valence-electron chi connectivity index (χ2n) is 5.55. The Bertz CT molecular complexity index is 497. The Balaban J connectivity index is 0.00000242. The molecule has 1 saturated heterocycles. The first-order chi connectivity index (χ1) is 10.1. The van der Waals surface area contributed by atoms with Gasteiger partial charge < -0.3 is 10.1 Å². The van der Waals surface area contributed by atoms with Crippen LogP contribution in [0.4, 0.5) is 5.69 Å². The van der Waals surface area contributed by atoms with Crippen molar-refractivity contribution in [2.45, 2.75) is 19.4 Å². The van der Waals surface area contributed by atoms with Crippen molar-refractivity contribution in [1.29, 1.82) is 0 Å². The first kappa shape index (κ1) is 18.7. The maximum absolute atomic E-state index is 10.9.